The second-order valence-corrected chi connectivity index (χ2v) is 6.88. The number of sulfonamides is 1. The molecule has 0 radical (unpaired) electrons. The van der Waals surface area contributed by atoms with Crippen molar-refractivity contribution in [3.05, 3.63) is 29.8 Å². The molecule has 0 spiro atoms. The number of hydrogen-bond donors (Lipinski definition) is 2. The molecule has 0 unspecified atom stereocenters. The summed E-state index contributed by atoms with van der Waals surface area (Å²) in [7, 11) is -4.30. The quantitative estimate of drug-likeness (QED) is 0.874. The maximum Gasteiger partial charge on any atom is 0.417 e. The van der Waals surface area contributed by atoms with Crippen molar-refractivity contribution in [1.29, 1.82) is 0 Å². The zero-order chi connectivity index (χ0) is 15.6. The van der Waals surface area contributed by atoms with Crippen LogP contribution in [0.2, 0.25) is 0 Å². The molecule has 0 aromatic heterocycles. The predicted molar refractivity (Wildman–Crippen MR) is 67.5 cm³/mol. The van der Waals surface area contributed by atoms with Crippen molar-refractivity contribution in [2.45, 2.75) is 24.9 Å². The molecule has 0 saturated carbocycles. The maximum absolute atomic E-state index is 12.8. The van der Waals surface area contributed by atoms with Gasteiger partial charge in [-0.25, -0.2) is 13.1 Å². The van der Waals surface area contributed by atoms with Crippen molar-refractivity contribution in [2.24, 2.45) is 5.41 Å². The molecule has 0 amide bonds. The third-order valence-corrected chi connectivity index (χ3v) is 4.11. The van der Waals surface area contributed by atoms with E-state index < -0.39 is 32.1 Å². The normalized spacial score (nSPS) is 13.5. The van der Waals surface area contributed by atoms with E-state index in [9.17, 15) is 21.6 Å². The van der Waals surface area contributed by atoms with Crippen LogP contribution >= 0.6 is 0 Å². The van der Waals surface area contributed by atoms with Gasteiger partial charge < -0.3 is 5.11 Å². The van der Waals surface area contributed by atoms with Crippen LogP contribution in [0.4, 0.5) is 13.2 Å². The van der Waals surface area contributed by atoms with Gasteiger partial charge in [0.15, 0.2) is 0 Å². The first kappa shape index (κ1) is 16.9. The number of hydrogen-bond acceptors (Lipinski definition) is 3. The largest absolute Gasteiger partial charge is 0.417 e. The fourth-order valence-corrected chi connectivity index (χ4v) is 2.83. The van der Waals surface area contributed by atoms with Gasteiger partial charge in [0.25, 0.3) is 0 Å². The van der Waals surface area contributed by atoms with Crippen LogP contribution in [-0.4, -0.2) is 26.7 Å². The maximum atomic E-state index is 12.8. The smallest absolute Gasteiger partial charge is 0.396 e. The van der Waals surface area contributed by atoms with Gasteiger partial charge in [0.05, 0.1) is 10.5 Å². The van der Waals surface area contributed by atoms with Crippen LogP contribution in [-0.2, 0) is 16.2 Å². The van der Waals surface area contributed by atoms with E-state index in [0.717, 1.165) is 12.1 Å². The summed E-state index contributed by atoms with van der Waals surface area (Å²) in [5.41, 5.74) is -1.98. The molecule has 0 bridgehead atoms. The summed E-state index contributed by atoms with van der Waals surface area (Å²) >= 11 is 0. The Hall–Kier alpha value is -1.12. The number of aliphatic hydroxyl groups excluding tert-OH is 1. The van der Waals surface area contributed by atoms with Gasteiger partial charge in [0.1, 0.15) is 0 Å². The average molecular weight is 311 g/mol. The van der Waals surface area contributed by atoms with E-state index in [1.165, 1.54) is 6.07 Å². The highest BCUT2D eigenvalue weighted by atomic mass is 32.2. The summed E-state index contributed by atoms with van der Waals surface area (Å²) in [5.74, 6) is 0. The fourth-order valence-electron chi connectivity index (χ4n) is 1.36. The number of nitrogens with one attached hydrogen (secondary N) is 1. The number of rotatable bonds is 5. The van der Waals surface area contributed by atoms with E-state index in [0.29, 0.717) is 6.07 Å². The molecule has 0 aliphatic rings. The van der Waals surface area contributed by atoms with Gasteiger partial charge in [-0.3, -0.25) is 0 Å². The number of aliphatic hydroxyl groups is 1. The predicted octanol–water partition coefficient (Wildman–Crippen LogP) is 2.00. The van der Waals surface area contributed by atoms with Gasteiger partial charge in [-0.05, 0) is 12.1 Å². The monoisotopic (exact) mass is 311 g/mol. The third-order valence-electron chi connectivity index (χ3n) is 2.65. The van der Waals surface area contributed by atoms with Crippen molar-refractivity contribution < 1.29 is 26.7 Å². The summed E-state index contributed by atoms with van der Waals surface area (Å²) in [6, 6.07) is 3.96. The standard InChI is InChI=1S/C12H16F3NO3S/c1-11(2,8-17)7-16-20(18,19)10-6-4-3-5-9(10)12(13,14)15/h3-6,16-17H,7-8H2,1-2H3. The molecular weight excluding hydrogens is 295 g/mol. The Balaban J connectivity index is 3.12. The minimum atomic E-state index is -4.75. The second kappa shape index (κ2) is 5.71. The number of halogens is 3. The van der Waals surface area contributed by atoms with Crippen molar-refractivity contribution in [3.63, 3.8) is 0 Å². The summed E-state index contributed by atoms with van der Waals surface area (Å²) in [6.07, 6.45) is -4.75. The summed E-state index contributed by atoms with van der Waals surface area (Å²) in [6.45, 7) is 2.71. The van der Waals surface area contributed by atoms with E-state index in [2.05, 4.69) is 4.72 Å². The molecule has 8 heteroatoms. The Morgan fingerprint density at radius 1 is 1.20 bits per heavy atom. The van der Waals surface area contributed by atoms with Gasteiger partial charge in [0, 0.05) is 18.6 Å². The molecule has 1 rings (SSSR count). The van der Waals surface area contributed by atoms with Crippen LogP contribution in [0.5, 0.6) is 0 Å². The lowest BCUT2D eigenvalue weighted by Gasteiger charge is -2.22. The molecular formula is C12H16F3NO3S. The lowest BCUT2D eigenvalue weighted by atomic mass is 9.96. The molecule has 20 heavy (non-hydrogen) atoms. The summed E-state index contributed by atoms with van der Waals surface area (Å²) < 4.78 is 64.4. The highest BCUT2D eigenvalue weighted by Crippen LogP contribution is 2.33. The molecule has 0 fully saturated rings. The van der Waals surface area contributed by atoms with E-state index in [1.807, 2.05) is 0 Å². The molecule has 4 nitrogen and oxygen atoms in total. The van der Waals surface area contributed by atoms with Gasteiger partial charge in [-0.2, -0.15) is 13.2 Å². The fraction of sp³-hybridized carbons (Fsp3) is 0.500. The van der Waals surface area contributed by atoms with E-state index in [-0.39, 0.29) is 13.2 Å². The van der Waals surface area contributed by atoms with E-state index >= 15 is 0 Å². The van der Waals surface area contributed by atoms with Gasteiger partial charge in [0.2, 0.25) is 10.0 Å². The summed E-state index contributed by atoms with van der Waals surface area (Å²) in [4.78, 5) is -0.818. The molecule has 114 valence electrons. The highest BCUT2D eigenvalue weighted by Gasteiger charge is 2.37. The van der Waals surface area contributed by atoms with Crippen LogP contribution in [0.15, 0.2) is 29.2 Å². The molecule has 1 aromatic carbocycles. The zero-order valence-electron chi connectivity index (χ0n) is 11.0. The molecule has 0 aliphatic carbocycles. The van der Waals surface area contributed by atoms with Crippen LogP contribution in [0.3, 0.4) is 0 Å². The molecule has 0 saturated heterocycles. The zero-order valence-corrected chi connectivity index (χ0v) is 11.8. The van der Waals surface area contributed by atoms with Gasteiger partial charge in [-0.15, -0.1) is 0 Å². The third kappa shape index (κ3) is 4.19. The first-order valence-electron chi connectivity index (χ1n) is 5.76. The van der Waals surface area contributed by atoms with Crippen molar-refractivity contribution >= 4 is 10.0 Å². The number of benzene rings is 1. The SMILES string of the molecule is CC(C)(CO)CNS(=O)(=O)c1ccccc1C(F)(F)F. The number of alkyl halides is 3. The Labute approximate surface area is 115 Å². The van der Waals surface area contributed by atoms with Crippen LogP contribution in [0, 0.1) is 5.41 Å². The topological polar surface area (TPSA) is 66.4 Å². The summed E-state index contributed by atoms with van der Waals surface area (Å²) in [5, 5.41) is 9.03. The first-order chi connectivity index (χ1) is 8.99. The first-order valence-corrected chi connectivity index (χ1v) is 7.25. The Morgan fingerprint density at radius 2 is 1.75 bits per heavy atom. The van der Waals surface area contributed by atoms with Crippen LogP contribution < -0.4 is 4.72 Å². The second-order valence-electron chi connectivity index (χ2n) is 5.14. The Bertz CT molecular complexity index is 568. The Morgan fingerprint density at radius 3 is 2.25 bits per heavy atom. The molecule has 2 N–H and O–H groups in total. The van der Waals surface area contributed by atoms with Crippen molar-refractivity contribution in [2.75, 3.05) is 13.2 Å². The molecule has 0 aliphatic heterocycles. The lowest BCUT2D eigenvalue weighted by molar-refractivity contribution is -0.139. The molecule has 0 atom stereocenters. The minimum absolute atomic E-state index is 0.169. The Kier molecular flexibility index (Phi) is 4.83. The average Bonchev–Trinajstić information content (AvgIpc) is 2.36. The van der Waals surface area contributed by atoms with E-state index in [1.54, 1.807) is 13.8 Å². The molecule has 0 heterocycles. The van der Waals surface area contributed by atoms with Gasteiger partial charge in [-0.1, -0.05) is 26.0 Å². The van der Waals surface area contributed by atoms with Crippen molar-refractivity contribution in [3.8, 4) is 0 Å². The highest BCUT2D eigenvalue weighted by molar-refractivity contribution is 7.89. The minimum Gasteiger partial charge on any atom is -0.396 e. The van der Waals surface area contributed by atoms with Crippen molar-refractivity contribution in [1.82, 2.24) is 4.72 Å². The van der Waals surface area contributed by atoms with Crippen LogP contribution in [0.25, 0.3) is 0 Å². The molecule has 1 aromatic rings. The van der Waals surface area contributed by atoms with Gasteiger partial charge >= 0.3 is 6.18 Å². The lowest BCUT2D eigenvalue weighted by Crippen LogP contribution is -2.36. The van der Waals surface area contributed by atoms with E-state index in [4.69, 9.17) is 5.11 Å². The van der Waals surface area contributed by atoms with Crippen LogP contribution in [0.1, 0.15) is 19.4 Å².